The highest BCUT2D eigenvalue weighted by Gasteiger charge is 2.30. The quantitative estimate of drug-likeness (QED) is 0.929. The molecule has 126 valence electrons. The molecule has 0 bridgehead atoms. The van der Waals surface area contributed by atoms with E-state index in [-0.39, 0.29) is 17.4 Å². The minimum absolute atomic E-state index is 0.137. The number of hydrogen-bond acceptors (Lipinski definition) is 2. The van der Waals surface area contributed by atoms with E-state index in [1.165, 1.54) is 12.1 Å². The maximum atomic E-state index is 12.5. The van der Waals surface area contributed by atoms with Gasteiger partial charge in [0.25, 0.3) is 5.91 Å². The lowest BCUT2D eigenvalue weighted by atomic mass is 9.96. The van der Waals surface area contributed by atoms with Crippen LogP contribution in [0, 0.1) is 5.92 Å². The lowest BCUT2D eigenvalue weighted by molar-refractivity contribution is -0.137. The van der Waals surface area contributed by atoms with Crippen LogP contribution in [0.15, 0.2) is 48.5 Å². The first-order valence-electron chi connectivity index (χ1n) is 7.59. The van der Waals surface area contributed by atoms with Crippen LogP contribution in [0.25, 0.3) is 0 Å². The Morgan fingerprint density at radius 3 is 2.54 bits per heavy atom. The molecule has 0 saturated heterocycles. The van der Waals surface area contributed by atoms with Crippen LogP contribution < -0.4 is 10.1 Å². The number of benzene rings is 2. The molecule has 0 fully saturated rings. The molecule has 1 aliphatic heterocycles. The van der Waals surface area contributed by atoms with Crippen LogP contribution in [0.2, 0.25) is 0 Å². The van der Waals surface area contributed by atoms with Crippen LogP contribution in [0.1, 0.15) is 21.5 Å². The normalized spacial score (nSPS) is 16.9. The van der Waals surface area contributed by atoms with Crippen LogP contribution in [0.4, 0.5) is 13.2 Å². The van der Waals surface area contributed by atoms with Gasteiger partial charge in [-0.05, 0) is 42.3 Å². The van der Waals surface area contributed by atoms with E-state index in [1.807, 2.05) is 24.3 Å². The molecular formula is C18H16F3NO2. The SMILES string of the molecule is O=C(NCC1COc2ccccc2C1)c1ccc(C(F)(F)F)cc1. The third kappa shape index (κ3) is 3.69. The Morgan fingerprint density at radius 1 is 1.12 bits per heavy atom. The molecule has 0 radical (unpaired) electrons. The molecule has 2 aromatic rings. The van der Waals surface area contributed by atoms with Crippen molar-refractivity contribution in [2.45, 2.75) is 12.6 Å². The zero-order valence-electron chi connectivity index (χ0n) is 12.8. The van der Waals surface area contributed by atoms with Gasteiger partial charge in [-0.1, -0.05) is 18.2 Å². The number of fused-ring (bicyclic) bond motifs is 1. The molecule has 6 heteroatoms. The summed E-state index contributed by atoms with van der Waals surface area (Å²) in [4.78, 5) is 12.1. The summed E-state index contributed by atoms with van der Waals surface area (Å²) in [6.07, 6.45) is -3.61. The molecule has 0 aromatic heterocycles. The van der Waals surface area contributed by atoms with E-state index in [4.69, 9.17) is 4.74 Å². The third-order valence-corrected chi connectivity index (χ3v) is 3.98. The average molecular weight is 335 g/mol. The van der Waals surface area contributed by atoms with Gasteiger partial charge < -0.3 is 10.1 Å². The topological polar surface area (TPSA) is 38.3 Å². The summed E-state index contributed by atoms with van der Waals surface area (Å²) in [7, 11) is 0. The molecule has 1 unspecified atom stereocenters. The fourth-order valence-corrected chi connectivity index (χ4v) is 2.67. The Morgan fingerprint density at radius 2 is 1.83 bits per heavy atom. The Hall–Kier alpha value is -2.50. The molecule has 3 rings (SSSR count). The van der Waals surface area contributed by atoms with E-state index in [0.717, 1.165) is 29.9 Å². The van der Waals surface area contributed by atoms with Crippen LogP contribution in [-0.4, -0.2) is 19.1 Å². The zero-order valence-corrected chi connectivity index (χ0v) is 12.8. The van der Waals surface area contributed by atoms with Gasteiger partial charge in [0.05, 0.1) is 12.2 Å². The Bertz CT molecular complexity index is 726. The van der Waals surface area contributed by atoms with Crippen LogP contribution in [0.3, 0.4) is 0 Å². The smallest absolute Gasteiger partial charge is 0.416 e. The standard InChI is InChI=1S/C18H16F3NO2/c19-18(20,21)15-7-5-13(6-8-15)17(23)22-10-12-9-14-3-1-2-4-16(14)24-11-12/h1-8,12H,9-11H2,(H,22,23). The second-order valence-corrected chi connectivity index (χ2v) is 5.77. The fourth-order valence-electron chi connectivity index (χ4n) is 2.67. The first kappa shape index (κ1) is 16.4. The largest absolute Gasteiger partial charge is 0.493 e. The number of para-hydroxylation sites is 1. The van der Waals surface area contributed by atoms with Gasteiger partial charge in [0.2, 0.25) is 0 Å². The summed E-state index contributed by atoms with van der Waals surface area (Å²) >= 11 is 0. The number of halogens is 3. The molecular weight excluding hydrogens is 319 g/mol. The highest BCUT2D eigenvalue weighted by atomic mass is 19.4. The Kier molecular flexibility index (Phi) is 4.46. The molecule has 1 heterocycles. The fraction of sp³-hybridized carbons (Fsp3) is 0.278. The van der Waals surface area contributed by atoms with Crippen molar-refractivity contribution in [3.63, 3.8) is 0 Å². The lowest BCUT2D eigenvalue weighted by Gasteiger charge is -2.25. The van der Waals surface area contributed by atoms with E-state index >= 15 is 0 Å². The van der Waals surface area contributed by atoms with Crippen molar-refractivity contribution in [3.8, 4) is 5.75 Å². The van der Waals surface area contributed by atoms with Gasteiger partial charge in [-0.25, -0.2) is 0 Å². The van der Waals surface area contributed by atoms with E-state index < -0.39 is 11.7 Å². The van der Waals surface area contributed by atoms with Crippen LogP contribution in [-0.2, 0) is 12.6 Å². The molecule has 1 N–H and O–H groups in total. The number of nitrogens with one attached hydrogen (secondary N) is 1. The lowest BCUT2D eigenvalue weighted by Crippen LogP contribution is -2.34. The first-order chi connectivity index (χ1) is 11.4. The van der Waals surface area contributed by atoms with Crippen molar-refractivity contribution >= 4 is 5.91 Å². The Labute approximate surface area is 137 Å². The molecule has 1 aliphatic rings. The third-order valence-electron chi connectivity index (χ3n) is 3.98. The number of hydrogen-bond donors (Lipinski definition) is 1. The van der Waals surface area contributed by atoms with Crippen LogP contribution >= 0.6 is 0 Å². The summed E-state index contributed by atoms with van der Waals surface area (Å²) in [6.45, 7) is 0.915. The number of rotatable bonds is 3. The van der Waals surface area contributed by atoms with Gasteiger partial charge in [0.1, 0.15) is 5.75 Å². The maximum Gasteiger partial charge on any atom is 0.416 e. The highest BCUT2D eigenvalue weighted by molar-refractivity contribution is 5.94. The number of alkyl halides is 3. The molecule has 0 saturated carbocycles. The minimum atomic E-state index is -4.40. The van der Waals surface area contributed by atoms with Gasteiger partial charge in [0.15, 0.2) is 0 Å². The van der Waals surface area contributed by atoms with Gasteiger partial charge in [0, 0.05) is 18.0 Å². The molecule has 3 nitrogen and oxygen atoms in total. The molecule has 1 atom stereocenters. The molecule has 0 aliphatic carbocycles. The van der Waals surface area contributed by atoms with Crippen molar-refractivity contribution in [2.75, 3.05) is 13.2 Å². The van der Waals surface area contributed by atoms with Crippen molar-refractivity contribution in [2.24, 2.45) is 5.92 Å². The van der Waals surface area contributed by atoms with Gasteiger partial charge in [-0.3, -0.25) is 4.79 Å². The number of ether oxygens (including phenoxy) is 1. The monoisotopic (exact) mass is 335 g/mol. The second-order valence-electron chi connectivity index (χ2n) is 5.77. The summed E-state index contributed by atoms with van der Waals surface area (Å²) in [5, 5.41) is 2.76. The zero-order chi connectivity index (χ0) is 17.2. The first-order valence-corrected chi connectivity index (χ1v) is 7.59. The van der Waals surface area contributed by atoms with Gasteiger partial charge >= 0.3 is 6.18 Å². The average Bonchev–Trinajstić information content (AvgIpc) is 2.59. The second kappa shape index (κ2) is 6.55. The minimum Gasteiger partial charge on any atom is -0.493 e. The van der Waals surface area contributed by atoms with E-state index in [9.17, 15) is 18.0 Å². The van der Waals surface area contributed by atoms with Gasteiger partial charge in [-0.15, -0.1) is 0 Å². The molecule has 1 amide bonds. The molecule has 0 spiro atoms. The van der Waals surface area contributed by atoms with Crippen molar-refractivity contribution < 1.29 is 22.7 Å². The summed E-state index contributed by atoms with van der Waals surface area (Å²) in [6, 6.07) is 11.9. The van der Waals surface area contributed by atoms with E-state index in [2.05, 4.69) is 5.32 Å². The summed E-state index contributed by atoms with van der Waals surface area (Å²) in [5.74, 6) is 0.615. The van der Waals surface area contributed by atoms with Crippen molar-refractivity contribution in [1.29, 1.82) is 0 Å². The number of carbonyl (C=O) groups excluding carboxylic acids is 1. The molecule has 2 aromatic carbocycles. The highest BCUT2D eigenvalue weighted by Crippen LogP contribution is 2.29. The summed E-state index contributed by atoms with van der Waals surface area (Å²) in [5.41, 5.74) is 0.536. The van der Waals surface area contributed by atoms with Crippen molar-refractivity contribution in [1.82, 2.24) is 5.32 Å². The summed E-state index contributed by atoms with van der Waals surface area (Å²) < 4.78 is 43.2. The van der Waals surface area contributed by atoms with E-state index in [1.54, 1.807) is 0 Å². The molecule has 24 heavy (non-hydrogen) atoms. The Balaban J connectivity index is 1.56. The number of amides is 1. The number of carbonyl (C=O) groups is 1. The predicted octanol–water partition coefficient (Wildman–Crippen LogP) is 3.69. The van der Waals surface area contributed by atoms with Crippen molar-refractivity contribution in [3.05, 3.63) is 65.2 Å². The van der Waals surface area contributed by atoms with Crippen LogP contribution in [0.5, 0.6) is 5.75 Å². The predicted molar refractivity (Wildman–Crippen MR) is 82.9 cm³/mol. The van der Waals surface area contributed by atoms with Gasteiger partial charge in [-0.2, -0.15) is 13.2 Å². The maximum absolute atomic E-state index is 12.5. The van der Waals surface area contributed by atoms with E-state index in [0.29, 0.717) is 13.2 Å².